The Labute approximate surface area is 176 Å². The number of fused-ring (bicyclic) bond motifs is 1. The molecule has 0 radical (unpaired) electrons. The van der Waals surface area contributed by atoms with E-state index < -0.39 is 0 Å². The van der Waals surface area contributed by atoms with Crippen LogP contribution in [0, 0.1) is 0 Å². The normalized spacial score (nSPS) is 16.9. The fraction of sp³-hybridized carbons (Fsp3) is 0.571. The predicted octanol–water partition coefficient (Wildman–Crippen LogP) is 1.10. The van der Waals surface area contributed by atoms with E-state index in [4.69, 9.17) is 14.2 Å². The molecule has 2 aliphatic heterocycles. The van der Waals surface area contributed by atoms with Gasteiger partial charge in [-0.05, 0) is 18.2 Å². The van der Waals surface area contributed by atoms with Gasteiger partial charge in [-0.25, -0.2) is 4.68 Å². The fourth-order valence-electron chi connectivity index (χ4n) is 4.02. The monoisotopic (exact) mass is 415 g/mol. The van der Waals surface area contributed by atoms with Crippen molar-refractivity contribution in [3.05, 3.63) is 35.2 Å². The van der Waals surface area contributed by atoms with Crippen molar-refractivity contribution < 1.29 is 19.0 Å². The summed E-state index contributed by atoms with van der Waals surface area (Å²) in [7, 11) is 3.35. The lowest BCUT2D eigenvalue weighted by atomic mass is 10.1. The number of hydrogen-bond donors (Lipinski definition) is 0. The van der Waals surface area contributed by atoms with Crippen LogP contribution >= 0.6 is 0 Å². The Morgan fingerprint density at radius 1 is 1.13 bits per heavy atom. The molecule has 0 saturated carbocycles. The molecule has 0 unspecified atom stereocenters. The molecule has 1 saturated heterocycles. The first-order valence-corrected chi connectivity index (χ1v) is 10.4. The molecule has 0 aliphatic carbocycles. The van der Waals surface area contributed by atoms with E-state index in [1.54, 1.807) is 14.2 Å². The molecular formula is C21H29N5O4. The number of amides is 1. The molecule has 1 aromatic carbocycles. The van der Waals surface area contributed by atoms with E-state index in [0.717, 1.165) is 54.6 Å². The molecule has 30 heavy (non-hydrogen) atoms. The molecule has 3 heterocycles. The number of hydrogen-bond acceptors (Lipinski definition) is 7. The van der Waals surface area contributed by atoms with Crippen LogP contribution in [0.5, 0.6) is 11.5 Å². The zero-order valence-corrected chi connectivity index (χ0v) is 17.7. The van der Waals surface area contributed by atoms with E-state index >= 15 is 0 Å². The van der Waals surface area contributed by atoms with Crippen molar-refractivity contribution in [1.29, 1.82) is 0 Å². The van der Waals surface area contributed by atoms with E-state index in [2.05, 4.69) is 15.2 Å². The van der Waals surface area contributed by atoms with Crippen molar-refractivity contribution >= 4 is 5.91 Å². The van der Waals surface area contributed by atoms with Crippen LogP contribution in [0.2, 0.25) is 0 Å². The van der Waals surface area contributed by atoms with Crippen LogP contribution in [0.25, 0.3) is 0 Å². The van der Waals surface area contributed by atoms with Gasteiger partial charge in [0.1, 0.15) is 11.5 Å². The molecule has 9 heteroatoms. The predicted molar refractivity (Wildman–Crippen MR) is 109 cm³/mol. The minimum absolute atomic E-state index is 0.161. The number of rotatable bonds is 7. The molecule has 0 spiro atoms. The largest absolute Gasteiger partial charge is 0.497 e. The molecule has 9 nitrogen and oxygen atoms in total. The SMILES string of the molecule is COc1ccc(OC)c(CN2CCn3nnc(CCC(=O)N4CCOCC4)c3C2)c1. The Bertz CT molecular complexity index is 878. The lowest BCUT2D eigenvalue weighted by Gasteiger charge is -2.28. The zero-order valence-electron chi connectivity index (χ0n) is 17.7. The Kier molecular flexibility index (Phi) is 6.49. The van der Waals surface area contributed by atoms with Gasteiger partial charge in [0.2, 0.25) is 5.91 Å². The summed E-state index contributed by atoms with van der Waals surface area (Å²) in [6.45, 7) is 5.75. The van der Waals surface area contributed by atoms with Crippen LogP contribution in [0.4, 0.5) is 0 Å². The van der Waals surface area contributed by atoms with Crippen molar-refractivity contribution in [3.63, 3.8) is 0 Å². The van der Waals surface area contributed by atoms with Gasteiger partial charge in [-0.2, -0.15) is 0 Å². The quantitative estimate of drug-likeness (QED) is 0.670. The van der Waals surface area contributed by atoms with Gasteiger partial charge in [-0.15, -0.1) is 5.10 Å². The summed E-state index contributed by atoms with van der Waals surface area (Å²) in [6.07, 6.45) is 1.07. The smallest absolute Gasteiger partial charge is 0.223 e. The third kappa shape index (κ3) is 4.57. The van der Waals surface area contributed by atoms with Crippen molar-refractivity contribution in [1.82, 2.24) is 24.8 Å². The van der Waals surface area contributed by atoms with Crippen LogP contribution < -0.4 is 9.47 Å². The number of aromatic nitrogens is 3. The second-order valence-electron chi connectivity index (χ2n) is 7.59. The Hall–Kier alpha value is -2.65. The lowest BCUT2D eigenvalue weighted by molar-refractivity contribution is -0.135. The van der Waals surface area contributed by atoms with E-state index in [-0.39, 0.29) is 5.91 Å². The highest BCUT2D eigenvalue weighted by atomic mass is 16.5. The molecule has 1 fully saturated rings. The number of methoxy groups -OCH3 is 2. The summed E-state index contributed by atoms with van der Waals surface area (Å²) < 4.78 is 18.2. The van der Waals surface area contributed by atoms with E-state index in [9.17, 15) is 4.79 Å². The maximum Gasteiger partial charge on any atom is 0.223 e. The number of aryl methyl sites for hydroxylation is 1. The van der Waals surface area contributed by atoms with Crippen molar-refractivity contribution in [2.45, 2.75) is 32.5 Å². The Balaban J connectivity index is 1.40. The standard InChI is InChI=1S/C21H29N5O4/c1-28-17-3-5-20(29-2)16(13-17)14-24-7-8-26-19(15-24)18(22-23-26)4-6-21(27)25-9-11-30-12-10-25/h3,5,13H,4,6-12,14-15H2,1-2H3. The summed E-state index contributed by atoms with van der Waals surface area (Å²) in [5.41, 5.74) is 3.10. The number of nitrogens with zero attached hydrogens (tertiary/aromatic N) is 5. The number of carbonyl (C=O) groups is 1. The molecule has 2 aliphatic rings. The van der Waals surface area contributed by atoms with Gasteiger partial charge in [0.25, 0.3) is 0 Å². The van der Waals surface area contributed by atoms with Crippen LogP contribution in [0.3, 0.4) is 0 Å². The second-order valence-corrected chi connectivity index (χ2v) is 7.59. The number of morpholine rings is 1. The third-order valence-corrected chi connectivity index (χ3v) is 5.74. The Morgan fingerprint density at radius 2 is 1.97 bits per heavy atom. The summed E-state index contributed by atoms with van der Waals surface area (Å²) in [5.74, 6) is 1.83. The maximum absolute atomic E-state index is 12.5. The second kappa shape index (κ2) is 9.44. The van der Waals surface area contributed by atoms with Gasteiger partial charge >= 0.3 is 0 Å². The van der Waals surface area contributed by atoms with Crippen LogP contribution in [-0.2, 0) is 35.6 Å². The van der Waals surface area contributed by atoms with Gasteiger partial charge in [-0.3, -0.25) is 9.69 Å². The topological polar surface area (TPSA) is 82.0 Å². The summed E-state index contributed by atoms with van der Waals surface area (Å²) in [6, 6.07) is 5.86. The Morgan fingerprint density at radius 3 is 2.73 bits per heavy atom. The fourth-order valence-corrected chi connectivity index (χ4v) is 4.02. The molecule has 0 atom stereocenters. The van der Waals surface area contributed by atoms with E-state index in [1.165, 1.54) is 0 Å². The van der Waals surface area contributed by atoms with E-state index in [1.807, 2.05) is 27.8 Å². The lowest BCUT2D eigenvalue weighted by Crippen LogP contribution is -2.40. The molecule has 4 rings (SSSR count). The molecule has 0 bridgehead atoms. The van der Waals surface area contributed by atoms with E-state index in [0.29, 0.717) is 39.1 Å². The third-order valence-electron chi connectivity index (χ3n) is 5.74. The van der Waals surface area contributed by atoms with Crippen LogP contribution in [0.15, 0.2) is 18.2 Å². The summed E-state index contributed by atoms with van der Waals surface area (Å²) in [5, 5.41) is 8.66. The molecule has 2 aromatic rings. The highest BCUT2D eigenvalue weighted by molar-refractivity contribution is 5.76. The highest BCUT2D eigenvalue weighted by Crippen LogP contribution is 2.27. The number of benzene rings is 1. The van der Waals surface area contributed by atoms with Gasteiger partial charge in [0.05, 0.1) is 45.4 Å². The van der Waals surface area contributed by atoms with Crippen LogP contribution in [0.1, 0.15) is 23.4 Å². The van der Waals surface area contributed by atoms with Gasteiger partial charge in [0, 0.05) is 51.1 Å². The summed E-state index contributed by atoms with van der Waals surface area (Å²) >= 11 is 0. The minimum atomic E-state index is 0.161. The highest BCUT2D eigenvalue weighted by Gasteiger charge is 2.24. The molecular weight excluding hydrogens is 386 g/mol. The first-order chi connectivity index (χ1) is 14.7. The first kappa shape index (κ1) is 20.6. The van der Waals surface area contributed by atoms with Gasteiger partial charge in [0.15, 0.2) is 0 Å². The van der Waals surface area contributed by atoms with Crippen molar-refractivity contribution in [2.24, 2.45) is 0 Å². The maximum atomic E-state index is 12.5. The number of ether oxygens (including phenoxy) is 3. The molecule has 0 N–H and O–H groups in total. The first-order valence-electron chi connectivity index (χ1n) is 10.4. The van der Waals surface area contributed by atoms with Crippen molar-refractivity contribution in [2.75, 3.05) is 47.1 Å². The summed E-state index contributed by atoms with van der Waals surface area (Å²) in [4.78, 5) is 16.7. The molecule has 162 valence electrons. The molecule has 1 amide bonds. The van der Waals surface area contributed by atoms with Gasteiger partial charge < -0.3 is 19.1 Å². The van der Waals surface area contributed by atoms with Gasteiger partial charge in [-0.1, -0.05) is 5.21 Å². The van der Waals surface area contributed by atoms with Crippen molar-refractivity contribution in [3.8, 4) is 11.5 Å². The van der Waals surface area contributed by atoms with Crippen LogP contribution in [-0.4, -0.2) is 77.8 Å². The minimum Gasteiger partial charge on any atom is -0.497 e. The average Bonchev–Trinajstić information content (AvgIpc) is 3.20. The zero-order chi connectivity index (χ0) is 20.9. The average molecular weight is 415 g/mol. The molecule has 1 aromatic heterocycles. The number of carbonyl (C=O) groups excluding carboxylic acids is 1.